The summed E-state index contributed by atoms with van der Waals surface area (Å²) in [6, 6.07) is 9.24. The van der Waals surface area contributed by atoms with Gasteiger partial charge in [-0.25, -0.2) is 8.42 Å². The third kappa shape index (κ3) is 4.33. The Morgan fingerprint density at radius 2 is 1.85 bits per heavy atom. The average Bonchev–Trinajstić information content (AvgIpc) is 3.18. The van der Waals surface area contributed by atoms with Crippen molar-refractivity contribution in [1.82, 2.24) is 25.2 Å². The molecule has 1 aromatic carbocycles. The lowest BCUT2D eigenvalue weighted by molar-refractivity contribution is -0.118. The van der Waals surface area contributed by atoms with Gasteiger partial charge in [-0.1, -0.05) is 18.2 Å². The second kappa shape index (κ2) is 7.87. The van der Waals surface area contributed by atoms with Gasteiger partial charge in [-0.15, -0.1) is 5.10 Å². The Labute approximate surface area is 157 Å². The minimum Gasteiger partial charge on any atom is -0.358 e. The smallest absolute Gasteiger partial charge is 0.276 e. The molecule has 9 nitrogen and oxygen atoms in total. The van der Waals surface area contributed by atoms with Gasteiger partial charge in [0.15, 0.2) is 15.5 Å². The Balaban J connectivity index is 1.62. The van der Waals surface area contributed by atoms with E-state index in [1.54, 1.807) is 4.90 Å². The zero-order chi connectivity index (χ0) is 19.4. The van der Waals surface area contributed by atoms with Gasteiger partial charge in [0.2, 0.25) is 5.91 Å². The van der Waals surface area contributed by atoms with Crippen LogP contribution in [0.4, 0.5) is 0 Å². The number of para-hydroxylation sites is 1. The largest absolute Gasteiger partial charge is 0.358 e. The number of amides is 2. The average molecular weight is 391 g/mol. The summed E-state index contributed by atoms with van der Waals surface area (Å²) < 4.78 is 24.5. The Bertz CT molecular complexity index is 918. The number of hydrogen-bond donors (Lipinski definition) is 1. The summed E-state index contributed by atoms with van der Waals surface area (Å²) in [5, 5.41) is 10.0. The van der Waals surface area contributed by atoms with Crippen LogP contribution in [0.25, 0.3) is 5.69 Å². The van der Waals surface area contributed by atoms with Crippen molar-refractivity contribution in [1.29, 1.82) is 0 Å². The van der Waals surface area contributed by atoms with Gasteiger partial charge in [-0.05, 0) is 25.0 Å². The molecular formula is C17H21N5O4S. The zero-order valence-corrected chi connectivity index (χ0v) is 15.7. The predicted molar refractivity (Wildman–Crippen MR) is 98.1 cm³/mol. The Kier molecular flexibility index (Phi) is 5.54. The molecule has 10 heteroatoms. The predicted octanol–water partition coefficient (Wildman–Crippen LogP) is 0.0327. The van der Waals surface area contributed by atoms with E-state index in [-0.39, 0.29) is 11.6 Å². The molecule has 1 aliphatic rings. The highest BCUT2D eigenvalue weighted by Gasteiger charge is 2.33. The van der Waals surface area contributed by atoms with Crippen molar-refractivity contribution >= 4 is 21.7 Å². The molecule has 0 aliphatic carbocycles. The first-order valence-corrected chi connectivity index (χ1v) is 10.3. The zero-order valence-electron chi connectivity index (χ0n) is 14.9. The number of carbonyl (C=O) groups excluding carboxylic acids is 2. The SMILES string of the molecule is CNC(=O)CS(=O)(=O)C1CCN(C(=O)c2cnn(-c3ccccc3)n2)CC1. The summed E-state index contributed by atoms with van der Waals surface area (Å²) in [5.74, 6) is -1.32. The number of rotatable bonds is 5. The van der Waals surface area contributed by atoms with Crippen LogP contribution in [-0.4, -0.2) is 71.3 Å². The first-order chi connectivity index (χ1) is 12.9. The molecule has 0 atom stereocenters. The highest BCUT2D eigenvalue weighted by atomic mass is 32.2. The van der Waals surface area contributed by atoms with Gasteiger partial charge >= 0.3 is 0 Å². The number of aromatic nitrogens is 3. The lowest BCUT2D eigenvalue weighted by Crippen LogP contribution is -2.44. The summed E-state index contributed by atoms with van der Waals surface area (Å²) in [6.07, 6.45) is 2.01. The van der Waals surface area contributed by atoms with Crippen LogP contribution in [0.1, 0.15) is 23.3 Å². The number of hydrogen-bond acceptors (Lipinski definition) is 6. The van der Waals surface area contributed by atoms with Crippen LogP contribution in [0.15, 0.2) is 36.5 Å². The van der Waals surface area contributed by atoms with E-state index in [1.807, 2.05) is 30.3 Å². The maximum atomic E-state index is 12.6. The number of nitrogens with zero attached hydrogens (tertiary/aromatic N) is 4. The molecule has 2 aromatic rings. The van der Waals surface area contributed by atoms with Crippen LogP contribution in [0.2, 0.25) is 0 Å². The van der Waals surface area contributed by atoms with Crippen molar-refractivity contribution < 1.29 is 18.0 Å². The van der Waals surface area contributed by atoms with E-state index in [2.05, 4.69) is 15.5 Å². The number of piperidine rings is 1. The summed E-state index contributed by atoms with van der Waals surface area (Å²) >= 11 is 0. The molecule has 2 heterocycles. The van der Waals surface area contributed by atoms with E-state index in [0.29, 0.717) is 25.9 Å². The standard InChI is InChI=1S/C17H21N5O4S/c1-18-16(23)12-27(25,26)14-7-9-21(10-8-14)17(24)15-11-19-22(20-15)13-5-3-2-4-6-13/h2-6,11,14H,7-10,12H2,1H3,(H,18,23). The topological polar surface area (TPSA) is 114 Å². The van der Waals surface area contributed by atoms with Crippen molar-refractivity contribution in [2.24, 2.45) is 0 Å². The van der Waals surface area contributed by atoms with Crippen molar-refractivity contribution in [3.05, 3.63) is 42.2 Å². The molecule has 27 heavy (non-hydrogen) atoms. The molecule has 1 fully saturated rings. The van der Waals surface area contributed by atoms with Crippen LogP contribution in [0, 0.1) is 0 Å². The van der Waals surface area contributed by atoms with E-state index in [0.717, 1.165) is 5.69 Å². The summed E-state index contributed by atoms with van der Waals surface area (Å²) in [6.45, 7) is 0.601. The molecule has 0 radical (unpaired) electrons. The molecule has 1 aliphatic heterocycles. The molecule has 2 amide bonds. The van der Waals surface area contributed by atoms with E-state index in [9.17, 15) is 18.0 Å². The lowest BCUT2D eigenvalue weighted by atomic mass is 10.1. The molecule has 0 spiro atoms. The second-order valence-corrected chi connectivity index (χ2v) is 8.61. The fourth-order valence-corrected chi connectivity index (χ4v) is 4.67. The highest BCUT2D eigenvalue weighted by Crippen LogP contribution is 2.20. The number of benzene rings is 1. The Morgan fingerprint density at radius 3 is 2.48 bits per heavy atom. The van der Waals surface area contributed by atoms with Gasteiger partial charge in [0, 0.05) is 20.1 Å². The number of sulfone groups is 1. The van der Waals surface area contributed by atoms with Crippen LogP contribution in [-0.2, 0) is 14.6 Å². The van der Waals surface area contributed by atoms with Crippen LogP contribution in [0.3, 0.4) is 0 Å². The number of likely N-dealkylation sites (tertiary alicyclic amines) is 1. The normalized spacial score (nSPS) is 15.5. The van der Waals surface area contributed by atoms with E-state index >= 15 is 0 Å². The molecule has 0 unspecified atom stereocenters. The van der Waals surface area contributed by atoms with Gasteiger partial charge < -0.3 is 10.2 Å². The fourth-order valence-electron chi connectivity index (χ4n) is 3.00. The Hall–Kier alpha value is -2.75. The molecular weight excluding hydrogens is 370 g/mol. The van der Waals surface area contributed by atoms with Gasteiger partial charge in [-0.2, -0.15) is 9.90 Å². The summed E-state index contributed by atoms with van der Waals surface area (Å²) in [7, 11) is -2.12. The van der Waals surface area contributed by atoms with Crippen LogP contribution < -0.4 is 5.32 Å². The number of carbonyl (C=O) groups is 2. The molecule has 1 N–H and O–H groups in total. The van der Waals surface area contributed by atoms with E-state index in [4.69, 9.17) is 0 Å². The third-order valence-corrected chi connectivity index (χ3v) is 6.70. The van der Waals surface area contributed by atoms with Crippen molar-refractivity contribution in [2.75, 3.05) is 25.9 Å². The second-order valence-electron chi connectivity index (χ2n) is 6.33. The minimum atomic E-state index is -3.52. The van der Waals surface area contributed by atoms with Crippen molar-refractivity contribution in [2.45, 2.75) is 18.1 Å². The molecule has 1 saturated heterocycles. The third-order valence-electron chi connectivity index (χ3n) is 4.55. The van der Waals surface area contributed by atoms with Gasteiger partial charge in [0.05, 0.1) is 17.1 Å². The quantitative estimate of drug-likeness (QED) is 0.769. The van der Waals surface area contributed by atoms with E-state index < -0.39 is 26.7 Å². The molecule has 1 aromatic heterocycles. The maximum Gasteiger partial charge on any atom is 0.276 e. The molecule has 0 saturated carbocycles. The van der Waals surface area contributed by atoms with Gasteiger partial charge in [0.25, 0.3) is 5.91 Å². The summed E-state index contributed by atoms with van der Waals surface area (Å²) in [4.78, 5) is 27.0. The van der Waals surface area contributed by atoms with Crippen LogP contribution in [0.5, 0.6) is 0 Å². The molecule has 3 rings (SSSR count). The molecule has 0 bridgehead atoms. The molecule has 144 valence electrons. The Morgan fingerprint density at radius 1 is 1.19 bits per heavy atom. The van der Waals surface area contributed by atoms with Crippen molar-refractivity contribution in [3.63, 3.8) is 0 Å². The lowest BCUT2D eigenvalue weighted by Gasteiger charge is -2.31. The van der Waals surface area contributed by atoms with E-state index in [1.165, 1.54) is 18.0 Å². The highest BCUT2D eigenvalue weighted by molar-refractivity contribution is 7.92. The monoisotopic (exact) mass is 391 g/mol. The fraction of sp³-hybridized carbons (Fsp3) is 0.412. The minimum absolute atomic E-state index is 0.213. The van der Waals surface area contributed by atoms with Gasteiger partial charge in [-0.3, -0.25) is 9.59 Å². The first-order valence-electron chi connectivity index (χ1n) is 8.60. The first kappa shape index (κ1) is 19.0. The van der Waals surface area contributed by atoms with Gasteiger partial charge in [0.1, 0.15) is 5.75 Å². The number of nitrogens with one attached hydrogen (secondary N) is 1. The van der Waals surface area contributed by atoms with Crippen molar-refractivity contribution in [3.8, 4) is 5.69 Å². The summed E-state index contributed by atoms with van der Waals surface area (Å²) in [5.41, 5.74) is 0.959. The maximum absolute atomic E-state index is 12.6. The van der Waals surface area contributed by atoms with Crippen LogP contribution >= 0.6 is 0 Å².